The van der Waals surface area contributed by atoms with E-state index in [-0.39, 0.29) is 30.3 Å². The number of esters is 1. The minimum absolute atomic E-state index is 0. The molecule has 11 nitrogen and oxygen atoms in total. The molecule has 0 unspecified atom stereocenters. The molecular formula is C23H27ClN6O5S. The van der Waals surface area contributed by atoms with Crippen LogP contribution >= 0.6 is 11.3 Å². The van der Waals surface area contributed by atoms with Crippen molar-refractivity contribution in [1.29, 1.82) is 0 Å². The van der Waals surface area contributed by atoms with Gasteiger partial charge in [-0.25, -0.2) is 14.8 Å². The molecule has 3 aromatic rings. The smallest absolute Gasteiger partial charge is 0.338 e. The minimum atomic E-state index is -0.590. The monoisotopic (exact) mass is 534 g/mol. The van der Waals surface area contributed by atoms with Crippen LogP contribution in [0.5, 0.6) is 0 Å². The second-order valence-corrected chi connectivity index (χ2v) is 9.07. The molecule has 13 heteroatoms. The van der Waals surface area contributed by atoms with Crippen molar-refractivity contribution in [2.45, 2.75) is 26.8 Å². The van der Waals surface area contributed by atoms with Crippen LogP contribution in [0.4, 0.5) is 17.2 Å². The first-order valence-corrected chi connectivity index (χ1v) is 12.0. The molecule has 0 atom stereocenters. The van der Waals surface area contributed by atoms with E-state index in [1.54, 1.807) is 36.6 Å². The zero-order chi connectivity index (χ0) is 24.9. The van der Waals surface area contributed by atoms with E-state index in [1.165, 1.54) is 6.07 Å². The maximum Gasteiger partial charge on any atom is 0.338 e. The Bertz CT molecular complexity index is 1250. The molecule has 1 saturated heterocycles. The number of anilines is 2. The van der Waals surface area contributed by atoms with Gasteiger partial charge in [0.05, 0.1) is 40.7 Å². The third kappa shape index (κ3) is 6.25. The number of nitro benzene ring substituents is 1. The van der Waals surface area contributed by atoms with Gasteiger partial charge in [-0.3, -0.25) is 10.1 Å². The van der Waals surface area contributed by atoms with Gasteiger partial charge in [-0.2, -0.15) is 4.57 Å². The van der Waals surface area contributed by atoms with Crippen molar-refractivity contribution in [1.82, 2.24) is 9.97 Å². The van der Waals surface area contributed by atoms with Crippen LogP contribution in [0.1, 0.15) is 32.3 Å². The van der Waals surface area contributed by atoms with E-state index in [1.807, 2.05) is 17.3 Å². The fraction of sp³-hybridized carbons (Fsp3) is 0.391. The topological polar surface area (TPSA) is 138 Å². The summed E-state index contributed by atoms with van der Waals surface area (Å²) in [5.41, 5.74) is 10.4. The van der Waals surface area contributed by atoms with Crippen molar-refractivity contribution >= 4 is 34.5 Å². The van der Waals surface area contributed by atoms with Crippen molar-refractivity contribution in [3.05, 3.63) is 67.5 Å². The van der Waals surface area contributed by atoms with Crippen molar-refractivity contribution in [3.8, 4) is 0 Å². The lowest BCUT2D eigenvalue weighted by Gasteiger charge is -2.28. The average molecular weight is 535 g/mol. The normalized spacial score (nSPS) is 13.2. The predicted octanol–water partition coefficient (Wildman–Crippen LogP) is -0.779. The predicted molar refractivity (Wildman–Crippen MR) is 130 cm³/mol. The molecule has 192 valence electrons. The third-order valence-electron chi connectivity index (χ3n) is 5.84. The van der Waals surface area contributed by atoms with E-state index >= 15 is 0 Å². The van der Waals surface area contributed by atoms with Crippen LogP contribution in [0.2, 0.25) is 0 Å². The number of halogens is 1. The van der Waals surface area contributed by atoms with Crippen LogP contribution in [0.3, 0.4) is 0 Å². The number of carbonyl (C=O) groups excluding carboxylic acids is 1. The molecule has 0 saturated carbocycles. The zero-order valence-electron chi connectivity index (χ0n) is 20.0. The molecule has 2 aromatic heterocycles. The third-order valence-corrected chi connectivity index (χ3v) is 6.98. The van der Waals surface area contributed by atoms with Crippen LogP contribution in [0.25, 0.3) is 0 Å². The maximum atomic E-state index is 12.6. The van der Waals surface area contributed by atoms with Gasteiger partial charge in [0.1, 0.15) is 17.3 Å². The SMILES string of the molecule is Cc1ncc(C[n+]2csc(CCOC(=O)c3ccc(N4CCOCC4)c([N+](=O)[O-])c3)c2C)c(N)n1.[Cl-]. The molecule has 1 aliphatic rings. The Hall–Kier alpha value is -3.35. The second kappa shape index (κ2) is 12.1. The van der Waals surface area contributed by atoms with Gasteiger partial charge in [0.25, 0.3) is 5.69 Å². The molecule has 1 fully saturated rings. The molecule has 1 aliphatic heterocycles. The summed E-state index contributed by atoms with van der Waals surface area (Å²) in [6.07, 6.45) is 2.26. The molecule has 0 spiro atoms. The molecule has 0 radical (unpaired) electrons. The van der Waals surface area contributed by atoms with Crippen LogP contribution in [0, 0.1) is 24.0 Å². The summed E-state index contributed by atoms with van der Waals surface area (Å²) in [6, 6.07) is 4.46. The maximum absolute atomic E-state index is 12.6. The van der Waals surface area contributed by atoms with Gasteiger partial charge in [0, 0.05) is 38.7 Å². The Kier molecular flexibility index (Phi) is 9.13. The first kappa shape index (κ1) is 27.2. The number of aromatic nitrogens is 3. The number of hydrogen-bond donors (Lipinski definition) is 1. The number of thiazole rings is 1. The standard InChI is InChI=1S/C23H27N6O5S.ClH/c1-15-21(35-14-28(15)13-18-12-25-16(2)26-22(18)24)5-8-34-23(30)17-3-4-19(20(11-17)29(31)32)27-6-9-33-10-7-27;/h3-4,11-12,14H,5-10,13H2,1-2H3,(H2,24,25,26);1H/q+1;/p-1. The summed E-state index contributed by atoms with van der Waals surface area (Å²) >= 11 is 1.56. The fourth-order valence-electron chi connectivity index (χ4n) is 3.85. The van der Waals surface area contributed by atoms with Gasteiger partial charge in [0.15, 0.2) is 12.2 Å². The largest absolute Gasteiger partial charge is 1.00 e. The molecule has 36 heavy (non-hydrogen) atoms. The highest BCUT2D eigenvalue weighted by atomic mass is 35.5. The molecule has 4 rings (SSSR count). The Morgan fingerprint density at radius 3 is 2.78 bits per heavy atom. The van der Waals surface area contributed by atoms with Crippen molar-refractivity contribution in [3.63, 3.8) is 0 Å². The molecule has 1 aromatic carbocycles. The number of nitrogen functional groups attached to an aromatic ring is 1. The number of nitrogens with zero attached hydrogens (tertiary/aromatic N) is 5. The summed E-state index contributed by atoms with van der Waals surface area (Å²) in [5.74, 6) is 0.495. The number of nitrogens with two attached hydrogens (primary N) is 1. The van der Waals surface area contributed by atoms with Crippen LogP contribution in [-0.2, 0) is 22.4 Å². The molecule has 2 N–H and O–H groups in total. The summed E-state index contributed by atoms with van der Waals surface area (Å²) in [6.45, 7) is 6.64. The van der Waals surface area contributed by atoms with E-state index in [9.17, 15) is 14.9 Å². The highest BCUT2D eigenvalue weighted by Crippen LogP contribution is 2.30. The van der Waals surface area contributed by atoms with E-state index < -0.39 is 10.9 Å². The Morgan fingerprint density at radius 1 is 1.33 bits per heavy atom. The van der Waals surface area contributed by atoms with E-state index in [4.69, 9.17) is 15.2 Å². The minimum Gasteiger partial charge on any atom is -1.00 e. The fourth-order valence-corrected chi connectivity index (χ4v) is 4.83. The number of carbonyl (C=O) groups is 1. The highest BCUT2D eigenvalue weighted by molar-refractivity contribution is 7.09. The van der Waals surface area contributed by atoms with E-state index in [0.29, 0.717) is 56.6 Å². The van der Waals surface area contributed by atoms with Gasteiger partial charge in [-0.15, -0.1) is 0 Å². The van der Waals surface area contributed by atoms with Crippen LogP contribution in [-0.4, -0.2) is 53.8 Å². The van der Waals surface area contributed by atoms with Crippen molar-refractivity contribution in [2.75, 3.05) is 43.5 Å². The number of rotatable bonds is 8. The van der Waals surface area contributed by atoms with Gasteiger partial charge < -0.3 is 32.5 Å². The number of nitro groups is 1. The number of ether oxygens (including phenoxy) is 2. The quantitative estimate of drug-likeness (QED) is 0.171. The number of hydrogen-bond acceptors (Lipinski definition) is 10. The molecule has 0 amide bonds. The lowest BCUT2D eigenvalue weighted by molar-refractivity contribution is -0.689. The lowest BCUT2D eigenvalue weighted by Crippen LogP contribution is -3.00. The van der Waals surface area contributed by atoms with Gasteiger partial charge in [-0.1, -0.05) is 11.3 Å². The zero-order valence-corrected chi connectivity index (χ0v) is 21.5. The molecule has 0 bridgehead atoms. The molecule has 3 heterocycles. The van der Waals surface area contributed by atoms with E-state index in [2.05, 4.69) is 14.5 Å². The number of aryl methyl sites for hydroxylation is 1. The Labute approximate surface area is 218 Å². The number of morpholine rings is 1. The molecule has 0 aliphatic carbocycles. The van der Waals surface area contributed by atoms with Crippen LogP contribution < -0.4 is 27.6 Å². The lowest BCUT2D eigenvalue weighted by atomic mass is 10.1. The highest BCUT2D eigenvalue weighted by Gasteiger charge is 2.24. The first-order valence-electron chi connectivity index (χ1n) is 11.2. The Morgan fingerprint density at radius 2 is 2.08 bits per heavy atom. The first-order chi connectivity index (χ1) is 16.8. The van der Waals surface area contributed by atoms with Gasteiger partial charge in [-0.05, 0) is 19.1 Å². The Balaban J connectivity index is 0.00000361. The van der Waals surface area contributed by atoms with Gasteiger partial charge >= 0.3 is 5.97 Å². The van der Waals surface area contributed by atoms with E-state index in [0.717, 1.165) is 16.1 Å². The van der Waals surface area contributed by atoms with Crippen molar-refractivity contribution in [2.24, 2.45) is 0 Å². The van der Waals surface area contributed by atoms with Gasteiger partial charge in [0.2, 0.25) is 5.51 Å². The average Bonchev–Trinajstić information content (AvgIpc) is 3.19. The summed E-state index contributed by atoms with van der Waals surface area (Å²) in [5, 5.41) is 11.6. The van der Waals surface area contributed by atoms with Crippen molar-refractivity contribution < 1.29 is 36.2 Å². The summed E-state index contributed by atoms with van der Waals surface area (Å²) < 4.78 is 12.8. The molecular weight excluding hydrogens is 508 g/mol. The second-order valence-electron chi connectivity index (χ2n) is 8.13. The van der Waals surface area contributed by atoms with Crippen LogP contribution in [0.15, 0.2) is 29.9 Å². The number of benzene rings is 1. The summed E-state index contributed by atoms with van der Waals surface area (Å²) in [4.78, 5) is 35.1. The summed E-state index contributed by atoms with van der Waals surface area (Å²) in [7, 11) is 0.